The molecule has 0 saturated carbocycles. The van der Waals surface area contributed by atoms with E-state index < -0.39 is 27.7 Å². The van der Waals surface area contributed by atoms with E-state index in [1.54, 1.807) is 0 Å². The van der Waals surface area contributed by atoms with Crippen LogP contribution >= 0.6 is 0 Å². The number of benzene rings is 2. The first-order chi connectivity index (χ1) is 18.6. The minimum atomic E-state index is -4.84. The van der Waals surface area contributed by atoms with Gasteiger partial charge in [-0.3, -0.25) is 4.90 Å². The molecule has 3 aliphatic rings. The van der Waals surface area contributed by atoms with Crippen molar-refractivity contribution in [2.45, 2.75) is 48.6 Å². The first-order valence-electron chi connectivity index (χ1n) is 13.2. The number of sulfonamides is 1. The maximum Gasteiger partial charge on any atom is 0.573 e. The van der Waals surface area contributed by atoms with E-state index in [4.69, 9.17) is 4.84 Å². The second-order valence-corrected chi connectivity index (χ2v) is 12.2. The van der Waals surface area contributed by atoms with Crippen LogP contribution in [0.3, 0.4) is 0 Å². The first kappa shape index (κ1) is 27.9. The molecule has 2 saturated heterocycles. The highest BCUT2D eigenvalue weighted by atomic mass is 32.2. The number of piperazine rings is 1. The van der Waals surface area contributed by atoms with E-state index in [1.807, 2.05) is 12.3 Å². The molecule has 8 nitrogen and oxygen atoms in total. The average molecular weight is 567 g/mol. The van der Waals surface area contributed by atoms with Gasteiger partial charge in [0.05, 0.1) is 17.2 Å². The Hall–Kier alpha value is -2.67. The van der Waals surface area contributed by atoms with Gasteiger partial charge in [-0.25, -0.2) is 8.42 Å². The molecular formula is C27H33F3N4O4S. The zero-order chi connectivity index (χ0) is 27.5. The molecule has 0 amide bonds. The van der Waals surface area contributed by atoms with Crippen LogP contribution in [0, 0.1) is 0 Å². The van der Waals surface area contributed by atoms with E-state index in [0.717, 1.165) is 69.8 Å². The molecule has 5 rings (SSSR count). The van der Waals surface area contributed by atoms with E-state index in [0.29, 0.717) is 12.8 Å². The van der Waals surface area contributed by atoms with Crippen molar-refractivity contribution >= 4 is 16.2 Å². The molecule has 3 aliphatic heterocycles. The number of halogens is 3. The van der Waals surface area contributed by atoms with Gasteiger partial charge in [0.25, 0.3) is 0 Å². The summed E-state index contributed by atoms with van der Waals surface area (Å²) in [5.74, 6) is -0.463. The highest BCUT2D eigenvalue weighted by molar-refractivity contribution is 7.89. The summed E-state index contributed by atoms with van der Waals surface area (Å²) in [7, 11) is -3.87. The Bertz CT molecular complexity index is 1230. The van der Waals surface area contributed by atoms with Gasteiger partial charge in [0.2, 0.25) is 10.0 Å². The quantitative estimate of drug-likeness (QED) is 0.485. The average Bonchev–Trinajstić information content (AvgIpc) is 3.32. The summed E-state index contributed by atoms with van der Waals surface area (Å²) < 4.78 is 68.8. The van der Waals surface area contributed by atoms with Gasteiger partial charge >= 0.3 is 6.36 Å². The maximum absolute atomic E-state index is 13.2. The SMILES string of the molecule is O=S(=O)(c1ccc(OC(F)(F)F)cc1)N1CCC2(CC1)ON=CC2N1CCN(CCCc2ccccc2)CC1. The van der Waals surface area contributed by atoms with Crippen molar-refractivity contribution in [3.8, 4) is 5.75 Å². The maximum atomic E-state index is 13.2. The summed E-state index contributed by atoms with van der Waals surface area (Å²) in [5, 5.41) is 4.15. The van der Waals surface area contributed by atoms with Crippen molar-refractivity contribution in [1.82, 2.24) is 14.1 Å². The molecular weight excluding hydrogens is 533 g/mol. The summed E-state index contributed by atoms with van der Waals surface area (Å²) >= 11 is 0. The number of rotatable bonds is 8. The molecule has 3 heterocycles. The van der Waals surface area contributed by atoms with Crippen molar-refractivity contribution in [3.63, 3.8) is 0 Å². The Balaban J connectivity index is 1.12. The van der Waals surface area contributed by atoms with Gasteiger partial charge < -0.3 is 14.5 Å². The third-order valence-electron chi connectivity index (χ3n) is 7.82. The summed E-state index contributed by atoms with van der Waals surface area (Å²) in [6, 6.07) is 14.8. The number of piperidine rings is 1. The fourth-order valence-electron chi connectivity index (χ4n) is 5.68. The Morgan fingerprint density at radius 3 is 2.26 bits per heavy atom. The number of aryl methyl sites for hydroxylation is 1. The van der Waals surface area contributed by atoms with Crippen LogP contribution in [0.2, 0.25) is 0 Å². The van der Waals surface area contributed by atoms with E-state index in [2.05, 4.69) is 44.0 Å². The molecule has 2 fully saturated rings. The molecule has 2 aromatic carbocycles. The fourth-order valence-corrected chi connectivity index (χ4v) is 7.12. The Labute approximate surface area is 227 Å². The molecule has 0 bridgehead atoms. The van der Waals surface area contributed by atoms with E-state index >= 15 is 0 Å². The van der Waals surface area contributed by atoms with Crippen LogP contribution in [0.1, 0.15) is 24.8 Å². The molecule has 12 heteroatoms. The second kappa shape index (κ2) is 11.4. The molecule has 1 unspecified atom stereocenters. The van der Waals surface area contributed by atoms with Crippen LogP contribution in [-0.4, -0.2) is 92.6 Å². The predicted octanol–water partition coefficient (Wildman–Crippen LogP) is 3.74. The molecule has 0 aromatic heterocycles. The number of ether oxygens (including phenoxy) is 1. The lowest BCUT2D eigenvalue weighted by atomic mass is 9.84. The minimum Gasteiger partial charge on any atom is -0.406 e. The summed E-state index contributed by atoms with van der Waals surface area (Å²) in [6.07, 6.45) is 0.139. The van der Waals surface area contributed by atoms with Gasteiger partial charge in [-0.1, -0.05) is 35.5 Å². The summed E-state index contributed by atoms with van der Waals surface area (Å²) in [5.41, 5.74) is 0.782. The van der Waals surface area contributed by atoms with Gasteiger partial charge in [0, 0.05) is 52.1 Å². The van der Waals surface area contributed by atoms with Gasteiger partial charge in [0.1, 0.15) is 5.75 Å². The van der Waals surface area contributed by atoms with Crippen molar-refractivity contribution < 1.29 is 31.2 Å². The molecule has 0 N–H and O–H groups in total. The zero-order valence-electron chi connectivity index (χ0n) is 21.6. The Kier molecular flexibility index (Phi) is 8.18. The smallest absolute Gasteiger partial charge is 0.406 e. The molecule has 1 atom stereocenters. The standard InChI is InChI=1S/C27H33F3N4O4S/c28-27(29,30)37-23-8-10-24(11-9-23)39(35,36)34-15-12-26(13-16-34)25(21-31-38-26)33-19-17-32(18-20-33)14-4-7-22-5-2-1-3-6-22/h1-3,5-6,8-11,21,25H,4,7,12-20H2. The van der Waals surface area contributed by atoms with Gasteiger partial charge in [-0.2, -0.15) is 4.31 Å². The van der Waals surface area contributed by atoms with Crippen LogP contribution in [0.25, 0.3) is 0 Å². The van der Waals surface area contributed by atoms with Crippen LogP contribution in [0.15, 0.2) is 64.6 Å². The third-order valence-corrected chi connectivity index (χ3v) is 9.74. The molecule has 212 valence electrons. The number of hydrogen-bond donors (Lipinski definition) is 0. The van der Waals surface area contributed by atoms with Crippen molar-refractivity contribution in [3.05, 3.63) is 60.2 Å². The lowest BCUT2D eigenvalue weighted by Crippen LogP contribution is -2.61. The molecule has 39 heavy (non-hydrogen) atoms. The van der Waals surface area contributed by atoms with Crippen LogP contribution in [-0.2, 0) is 21.3 Å². The largest absolute Gasteiger partial charge is 0.573 e. The lowest BCUT2D eigenvalue weighted by Gasteiger charge is -2.45. The van der Waals surface area contributed by atoms with Gasteiger partial charge in [-0.15, -0.1) is 13.2 Å². The van der Waals surface area contributed by atoms with E-state index in [-0.39, 0.29) is 24.0 Å². The Morgan fingerprint density at radius 1 is 0.949 bits per heavy atom. The highest BCUT2D eigenvalue weighted by Gasteiger charge is 2.51. The molecule has 1 spiro atoms. The van der Waals surface area contributed by atoms with Crippen molar-refractivity contribution in [2.24, 2.45) is 5.16 Å². The van der Waals surface area contributed by atoms with E-state index in [1.165, 1.54) is 9.87 Å². The molecule has 0 aliphatic carbocycles. The number of alkyl halides is 3. The number of nitrogens with zero attached hydrogens (tertiary/aromatic N) is 4. The lowest BCUT2D eigenvalue weighted by molar-refractivity contribution is -0.274. The van der Waals surface area contributed by atoms with Crippen LogP contribution in [0.5, 0.6) is 5.75 Å². The highest BCUT2D eigenvalue weighted by Crippen LogP contribution is 2.37. The Morgan fingerprint density at radius 2 is 1.62 bits per heavy atom. The van der Waals surface area contributed by atoms with Gasteiger partial charge in [0.15, 0.2) is 5.60 Å². The van der Waals surface area contributed by atoms with E-state index in [9.17, 15) is 21.6 Å². The normalized spacial score (nSPS) is 22.7. The molecule has 0 radical (unpaired) electrons. The number of oxime groups is 1. The second-order valence-electron chi connectivity index (χ2n) is 10.2. The van der Waals surface area contributed by atoms with Gasteiger partial charge in [-0.05, 0) is 49.2 Å². The van der Waals surface area contributed by atoms with Crippen molar-refractivity contribution in [2.75, 3.05) is 45.8 Å². The van der Waals surface area contributed by atoms with Crippen LogP contribution < -0.4 is 4.74 Å². The first-order valence-corrected chi connectivity index (χ1v) is 14.7. The summed E-state index contributed by atoms with van der Waals surface area (Å²) in [4.78, 5) is 10.7. The minimum absolute atomic E-state index is 0.0207. The topological polar surface area (TPSA) is 74.7 Å². The third kappa shape index (κ3) is 6.56. The molecule has 2 aromatic rings. The summed E-state index contributed by atoms with van der Waals surface area (Å²) in [6.45, 7) is 5.24. The predicted molar refractivity (Wildman–Crippen MR) is 140 cm³/mol. The number of hydrogen-bond acceptors (Lipinski definition) is 7. The zero-order valence-corrected chi connectivity index (χ0v) is 22.4. The van der Waals surface area contributed by atoms with Crippen LogP contribution in [0.4, 0.5) is 13.2 Å². The van der Waals surface area contributed by atoms with Crippen molar-refractivity contribution in [1.29, 1.82) is 0 Å². The fraction of sp³-hybridized carbons (Fsp3) is 0.519. The monoisotopic (exact) mass is 566 g/mol.